The lowest BCUT2D eigenvalue weighted by Gasteiger charge is -2.20. The van der Waals surface area contributed by atoms with Crippen molar-refractivity contribution in [1.82, 2.24) is 4.98 Å². The van der Waals surface area contributed by atoms with Gasteiger partial charge in [-0.05, 0) is 31.4 Å². The molecule has 1 heterocycles. The van der Waals surface area contributed by atoms with Crippen LogP contribution in [0.5, 0.6) is 0 Å². The summed E-state index contributed by atoms with van der Waals surface area (Å²) in [7, 11) is 0. The summed E-state index contributed by atoms with van der Waals surface area (Å²) in [6.07, 6.45) is 4.71. The zero-order valence-electron chi connectivity index (χ0n) is 9.20. The van der Waals surface area contributed by atoms with Gasteiger partial charge in [0.25, 0.3) is 0 Å². The maximum absolute atomic E-state index is 5.71. The Bertz CT molecular complexity index is 308. The zero-order chi connectivity index (χ0) is 11.3. The Balaban J connectivity index is 2.53. The standard InChI is InChI=1S/C12H17ClN2/c1-4-5-9(2)10(3)15-11-6-7-12(13)14-8-11/h4,6-10,15H,1,5H2,2-3H3. The largest absolute Gasteiger partial charge is 0.381 e. The molecule has 2 unspecified atom stereocenters. The van der Waals surface area contributed by atoms with Crippen molar-refractivity contribution >= 4 is 17.3 Å². The average Bonchev–Trinajstić information content (AvgIpc) is 2.22. The van der Waals surface area contributed by atoms with Gasteiger partial charge >= 0.3 is 0 Å². The monoisotopic (exact) mass is 224 g/mol. The van der Waals surface area contributed by atoms with Crippen molar-refractivity contribution in [2.45, 2.75) is 26.3 Å². The molecule has 0 amide bonds. The molecule has 82 valence electrons. The quantitative estimate of drug-likeness (QED) is 0.609. The second-order valence-electron chi connectivity index (χ2n) is 3.80. The molecule has 2 nitrogen and oxygen atoms in total. The third-order valence-corrected chi connectivity index (χ3v) is 2.74. The van der Waals surface area contributed by atoms with Gasteiger partial charge in [0.15, 0.2) is 0 Å². The van der Waals surface area contributed by atoms with Crippen LogP contribution in [0.25, 0.3) is 0 Å². The van der Waals surface area contributed by atoms with Crippen molar-refractivity contribution < 1.29 is 0 Å². The SMILES string of the molecule is C=CCC(C)C(C)Nc1ccc(Cl)nc1. The first kappa shape index (κ1) is 12.1. The minimum atomic E-state index is 0.394. The van der Waals surface area contributed by atoms with Gasteiger partial charge in [0, 0.05) is 6.04 Å². The number of anilines is 1. The van der Waals surface area contributed by atoms with Crippen LogP contribution in [0.4, 0.5) is 5.69 Å². The molecule has 0 bridgehead atoms. The fourth-order valence-corrected chi connectivity index (χ4v) is 1.45. The fourth-order valence-electron chi connectivity index (χ4n) is 1.33. The van der Waals surface area contributed by atoms with E-state index in [-0.39, 0.29) is 0 Å². The fraction of sp³-hybridized carbons (Fsp3) is 0.417. The summed E-state index contributed by atoms with van der Waals surface area (Å²) < 4.78 is 0. The molecule has 0 aliphatic heterocycles. The van der Waals surface area contributed by atoms with Gasteiger partial charge in [-0.2, -0.15) is 0 Å². The highest BCUT2D eigenvalue weighted by atomic mass is 35.5. The van der Waals surface area contributed by atoms with Gasteiger partial charge in [-0.3, -0.25) is 0 Å². The van der Waals surface area contributed by atoms with Crippen LogP contribution < -0.4 is 5.32 Å². The van der Waals surface area contributed by atoms with Crippen molar-refractivity contribution in [2.24, 2.45) is 5.92 Å². The van der Waals surface area contributed by atoms with E-state index in [1.807, 2.05) is 12.1 Å². The summed E-state index contributed by atoms with van der Waals surface area (Å²) in [6, 6.07) is 4.12. The lowest BCUT2D eigenvalue weighted by molar-refractivity contribution is 0.517. The van der Waals surface area contributed by atoms with E-state index in [1.165, 1.54) is 0 Å². The topological polar surface area (TPSA) is 24.9 Å². The first-order chi connectivity index (χ1) is 7.13. The number of rotatable bonds is 5. The van der Waals surface area contributed by atoms with Crippen LogP contribution in [0.1, 0.15) is 20.3 Å². The number of halogens is 1. The molecule has 0 aliphatic rings. The van der Waals surface area contributed by atoms with Crippen LogP contribution in [0, 0.1) is 5.92 Å². The number of allylic oxidation sites excluding steroid dienone is 1. The van der Waals surface area contributed by atoms with Crippen LogP contribution >= 0.6 is 11.6 Å². The Kier molecular flexibility index (Phi) is 4.63. The van der Waals surface area contributed by atoms with E-state index < -0.39 is 0 Å². The maximum Gasteiger partial charge on any atom is 0.129 e. The second-order valence-corrected chi connectivity index (χ2v) is 4.19. The minimum absolute atomic E-state index is 0.394. The zero-order valence-corrected chi connectivity index (χ0v) is 9.96. The summed E-state index contributed by atoms with van der Waals surface area (Å²) >= 11 is 5.71. The van der Waals surface area contributed by atoms with E-state index in [9.17, 15) is 0 Å². The molecular weight excluding hydrogens is 208 g/mol. The van der Waals surface area contributed by atoms with Crippen LogP contribution in [0.2, 0.25) is 5.15 Å². The van der Waals surface area contributed by atoms with Gasteiger partial charge in [-0.25, -0.2) is 4.98 Å². The molecule has 1 aromatic rings. The predicted octanol–water partition coefficient (Wildman–Crippen LogP) is 3.75. The van der Waals surface area contributed by atoms with Crippen LogP contribution in [-0.2, 0) is 0 Å². The number of hydrogen-bond donors (Lipinski definition) is 1. The van der Waals surface area contributed by atoms with Gasteiger partial charge in [-0.1, -0.05) is 24.6 Å². The molecule has 0 aromatic carbocycles. The maximum atomic E-state index is 5.71. The number of nitrogens with zero attached hydrogens (tertiary/aromatic N) is 1. The molecule has 0 fully saturated rings. The van der Waals surface area contributed by atoms with Crippen molar-refractivity contribution in [3.63, 3.8) is 0 Å². The summed E-state index contributed by atoms with van der Waals surface area (Å²) in [5.74, 6) is 0.554. The second kappa shape index (κ2) is 5.76. The molecule has 1 aromatic heterocycles. The highest BCUT2D eigenvalue weighted by Crippen LogP contribution is 2.15. The number of pyridine rings is 1. The summed E-state index contributed by atoms with van der Waals surface area (Å²) in [5, 5.41) is 3.91. The molecule has 0 spiro atoms. The molecule has 1 rings (SSSR count). The van der Waals surface area contributed by atoms with Gasteiger partial charge in [0.05, 0.1) is 11.9 Å². The van der Waals surface area contributed by atoms with E-state index >= 15 is 0 Å². The normalized spacial score (nSPS) is 14.3. The van der Waals surface area contributed by atoms with Crippen molar-refractivity contribution in [3.8, 4) is 0 Å². The molecule has 0 aliphatic carbocycles. The van der Waals surface area contributed by atoms with Gasteiger partial charge in [0.2, 0.25) is 0 Å². The lowest BCUT2D eigenvalue weighted by atomic mass is 10.00. The van der Waals surface area contributed by atoms with E-state index in [1.54, 1.807) is 12.3 Å². The highest BCUT2D eigenvalue weighted by Gasteiger charge is 2.10. The molecule has 2 atom stereocenters. The van der Waals surface area contributed by atoms with Crippen LogP contribution in [0.15, 0.2) is 31.0 Å². The van der Waals surface area contributed by atoms with E-state index in [4.69, 9.17) is 11.6 Å². The van der Waals surface area contributed by atoms with Crippen molar-refractivity contribution in [3.05, 3.63) is 36.1 Å². The molecule has 0 saturated carbocycles. The summed E-state index contributed by atoms with van der Waals surface area (Å²) in [6.45, 7) is 8.10. The lowest BCUT2D eigenvalue weighted by Crippen LogP contribution is -2.23. The first-order valence-electron chi connectivity index (χ1n) is 5.12. The summed E-state index contributed by atoms with van der Waals surface area (Å²) in [5.41, 5.74) is 1.00. The Labute approximate surface area is 96.4 Å². The highest BCUT2D eigenvalue weighted by molar-refractivity contribution is 6.29. The predicted molar refractivity (Wildman–Crippen MR) is 66.3 cm³/mol. The number of nitrogens with one attached hydrogen (secondary N) is 1. The first-order valence-corrected chi connectivity index (χ1v) is 5.50. The molecule has 3 heteroatoms. The minimum Gasteiger partial charge on any atom is -0.381 e. The van der Waals surface area contributed by atoms with Gasteiger partial charge in [0.1, 0.15) is 5.15 Å². The smallest absolute Gasteiger partial charge is 0.129 e. The molecule has 0 radical (unpaired) electrons. The third kappa shape index (κ3) is 3.92. The Morgan fingerprint density at radius 3 is 2.80 bits per heavy atom. The van der Waals surface area contributed by atoms with Gasteiger partial charge in [-0.15, -0.1) is 6.58 Å². The molecular formula is C12H17ClN2. The van der Waals surface area contributed by atoms with E-state index in [0.717, 1.165) is 12.1 Å². The van der Waals surface area contributed by atoms with E-state index in [2.05, 4.69) is 30.7 Å². The van der Waals surface area contributed by atoms with E-state index in [0.29, 0.717) is 17.1 Å². The third-order valence-electron chi connectivity index (χ3n) is 2.51. The van der Waals surface area contributed by atoms with Crippen molar-refractivity contribution in [1.29, 1.82) is 0 Å². The van der Waals surface area contributed by atoms with Gasteiger partial charge < -0.3 is 5.32 Å². The number of hydrogen-bond acceptors (Lipinski definition) is 2. The number of aromatic nitrogens is 1. The van der Waals surface area contributed by atoms with Crippen LogP contribution in [0.3, 0.4) is 0 Å². The Hall–Kier alpha value is -1.02. The Morgan fingerprint density at radius 2 is 2.27 bits per heavy atom. The van der Waals surface area contributed by atoms with Crippen molar-refractivity contribution in [2.75, 3.05) is 5.32 Å². The molecule has 1 N–H and O–H groups in total. The molecule has 0 saturated heterocycles. The summed E-state index contributed by atoms with van der Waals surface area (Å²) in [4.78, 5) is 4.02. The average molecular weight is 225 g/mol. The molecule has 15 heavy (non-hydrogen) atoms. The Morgan fingerprint density at radius 1 is 1.53 bits per heavy atom. The van der Waals surface area contributed by atoms with Crippen LogP contribution in [-0.4, -0.2) is 11.0 Å².